The summed E-state index contributed by atoms with van der Waals surface area (Å²) in [6.45, 7) is 2.79. The Kier molecular flexibility index (Phi) is 11.4. The Labute approximate surface area is 269 Å². The highest BCUT2D eigenvalue weighted by molar-refractivity contribution is 5.86. The number of amides is 1. The molecule has 0 unspecified atom stereocenters. The highest BCUT2D eigenvalue weighted by Crippen LogP contribution is 2.64. The summed E-state index contributed by atoms with van der Waals surface area (Å²) in [4.78, 5) is 27.8. The SMILES string of the molecule is CC(C)(C)OC(=O)N[C@@H](Cc1c[nH]c2ccccc12)C(=O)OCCCC(F)(F)C(F)(F)C(F)(F)C(F)(F)C(F)(F)C(F)(F)C(F)(F)C(F)(F)F. The van der Waals surface area contributed by atoms with Crippen molar-refractivity contribution >= 4 is 23.0 Å². The van der Waals surface area contributed by atoms with Gasteiger partial charge in [-0.3, -0.25) is 0 Å². The van der Waals surface area contributed by atoms with E-state index in [-0.39, 0.29) is 0 Å². The van der Waals surface area contributed by atoms with E-state index < -0.39 is 97.2 Å². The van der Waals surface area contributed by atoms with E-state index in [4.69, 9.17) is 4.74 Å². The van der Waals surface area contributed by atoms with Crippen molar-refractivity contribution in [1.29, 1.82) is 0 Å². The Bertz CT molecular complexity index is 1510. The number of carbonyl (C=O) groups is 2. The first-order chi connectivity index (χ1) is 22.2. The average Bonchev–Trinajstić information content (AvgIpc) is 3.35. The molecule has 0 spiro atoms. The van der Waals surface area contributed by atoms with Gasteiger partial charge in [-0.1, -0.05) is 18.2 Å². The Hall–Kier alpha value is -3.69. The molecule has 0 saturated carbocycles. The van der Waals surface area contributed by atoms with Crippen LogP contribution in [-0.4, -0.2) is 82.9 Å². The maximum Gasteiger partial charge on any atom is 0.460 e. The molecule has 0 saturated heterocycles. The van der Waals surface area contributed by atoms with Gasteiger partial charge in [0.05, 0.1) is 6.61 Å². The molecule has 0 aliphatic heterocycles. The number of para-hydroxylation sites is 1. The lowest BCUT2D eigenvalue weighted by molar-refractivity contribution is -0.461. The zero-order valence-electron chi connectivity index (χ0n) is 25.4. The van der Waals surface area contributed by atoms with Gasteiger partial charge in [0.15, 0.2) is 0 Å². The van der Waals surface area contributed by atoms with E-state index >= 15 is 0 Å². The summed E-state index contributed by atoms with van der Waals surface area (Å²) in [6, 6.07) is 4.64. The van der Waals surface area contributed by atoms with Gasteiger partial charge in [0.25, 0.3) is 0 Å². The van der Waals surface area contributed by atoms with Crippen LogP contribution in [-0.2, 0) is 20.7 Å². The molecular formula is C27H25F17N2O4. The number of alkyl carbamates (subject to hydrolysis) is 1. The molecule has 1 aromatic carbocycles. The van der Waals surface area contributed by atoms with Crippen molar-refractivity contribution < 1.29 is 93.7 Å². The van der Waals surface area contributed by atoms with Crippen LogP contribution in [0.2, 0.25) is 0 Å². The number of hydrogen-bond acceptors (Lipinski definition) is 4. The van der Waals surface area contributed by atoms with Crippen LogP contribution in [0.15, 0.2) is 30.5 Å². The van der Waals surface area contributed by atoms with Gasteiger partial charge in [0.2, 0.25) is 0 Å². The molecule has 0 bridgehead atoms. The monoisotopic (exact) mass is 764 g/mol. The van der Waals surface area contributed by atoms with Gasteiger partial charge in [0.1, 0.15) is 11.6 Å². The lowest BCUT2D eigenvalue weighted by atomic mass is 9.88. The molecular weight excluding hydrogens is 739 g/mol. The first-order valence-electron chi connectivity index (χ1n) is 13.6. The van der Waals surface area contributed by atoms with Gasteiger partial charge in [-0.05, 0) is 38.8 Å². The van der Waals surface area contributed by atoms with Crippen LogP contribution in [0.5, 0.6) is 0 Å². The van der Waals surface area contributed by atoms with E-state index in [0.717, 1.165) is 0 Å². The van der Waals surface area contributed by atoms with E-state index in [0.29, 0.717) is 16.5 Å². The highest BCUT2D eigenvalue weighted by Gasteiger charge is 2.95. The maximum absolute atomic E-state index is 14.2. The molecule has 50 heavy (non-hydrogen) atoms. The van der Waals surface area contributed by atoms with Crippen LogP contribution in [0.3, 0.4) is 0 Å². The van der Waals surface area contributed by atoms with Crippen molar-refractivity contribution in [3.05, 3.63) is 36.0 Å². The van der Waals surface area contributed by atoms with Gasteiger partial charge >= 0.3 is 59.7 Å². The number of benzene rings is 1. The zero-order chi connectivity index (χ0) is 39.2. The Balaban J connectivity index is 2.25. The first kappa shape index (κ1) is 42.5. The van der Waals surface area contributed by atoms with E-state index in [2.05, 4.69) is 15.0 Å². The molecule has 0 fully saturated rings. The molecule has 1 amide bonds. The summed E-state index contributed by atoms with van der Waals surface area (Å²) < 4.78 is 239. The number of nitrogens with one attached hydrogen (secondary N) is 2. The number of aromatic amines is 1. The summed E-state index contributed by atoms with van der Waals surface area (Å²) in [5.74, 6) is -58.6. The van der Waals surface area contributed by atoms with Crippen LogP contribution in [0.25, 0.3) is 10.9 Å². The van der Waals surface area contributed by atoms with E-state index in [1.54, 1.807) is 24.3 Å². The molecule has 2 aromatic rings. The second-order valence-corrected chi connectivity index (χ2v) is 11.7. The number of alkyl halides is 17. The zero-order valence-corrected chi connectivity index (χ0v) is 25.4. The van der Waals surface area contributed by atoms with Crippen molar-refractivity contribution in [2.24, 2.45) is 0 Å². The van der Waals surface area contributed by atoms with E-state index in [9.17, 15) is 84.2 Å². The smallest absolute Gasteiger partial charge is 0.460 e. The summed E-state index contributed by atoms with van der Waals surface area (Å²) in [6.07, 6.45) is -12.6. The predicted molar refractivity (Wildman–Crippen MR) is 136 cm³/mol. The third-order valence-electron chi connectivity index (χ3n) is 6.74. The Morgan fingerprint density at radius 2 is 1.20 bits per heavy atom. The largest absolute Gasteiger partial charge is 0.464 e. The summed E-state index contributed by atoms with van der Waals surface area (Å²) in [5, 5.41) is 2.59. The van der Waals surface area contributed by atoms with E-state index in [1.807, 2.05) is 0 Å². The standard InChI is InChI=1S/C27H25F17N2O4/c1-19(2,3)50-18(48)46-16(11-13-12-45-15-8-5-4-7-14(13)15)17(47)49-10-6-9-20(28,29)21(30,31)22(32,33)23(34,35)24(36,37)25(38,39)26(40,41)27(42,43)44/h4-5,7-8,12,16,45H,6,9-11H2,1-3H3,(H,46,48)/t16-/m0/s1. The molecule has 0 radical (unpaired) electrons. The summed E-state index contributed by atoms with van der Waals surface area (Å²) >= 11 is 0. The second-order valence-electron chi connectivity index (χ2n) is 11.7. The van der Waals surface area contributed by atoms with Crippen molar-refractivity contribution in [1.82, 2.24) is 10.3 Å². The fraction of sp³-hybridized carbons (Fsp3) is 0.630. The summed E-state index contributed by atoms with van der Waals surface area (Å²) in [5.41, 5.74) is -0.259. The minimum atomic E-state index is -8.72. The minimum Gasteiger partial charge on any atom is -0.464 e. The Morgan fingerprint density at radius 1 is 0.720 bits per heavy atom. The number of esters is 1. The van der Waals surface area contributed by atoms with Crippen molar-refractivity contribution in [3.63, 3.8) is 0 Å². The molecule has 1 atom stereocenters. The van der Waals surface area contributed by atoms with Crippen LogP contribution in [0, 0.1) is 0 Å². The average molecular weight is 764 g/mol. The molecule has 1 aromatic heterocycles. The van der Waals surface area contributed by atoms with Crippen molar-refractivity contribution in [3.8, 4) is 0 Å². The molecule has 0 aliphatic carbocycles. The van der Waals surface area contributed by atoms with Crippen LogP contribution >= 0.6 is 0 Å². The number of carbonyl (C=O) groups excluding carboxylic acids is 2. The molecule has 1 heterocycles. The number of ether oxygens (including phenoxy) is 2. The fourth-order valence-corrected chi connectivity index (χ4v) is 4.08. The fourth-order valence-electron chi connectivity index (χ4n) is 4.08. The number of halogens is 17. The second kappa shape index (κ2) is 13.5. The molecule has 0 aliphatic rings. The van der Waals surface area contributed by atoms with Crippen LogP contribution in [0.4, 0.5) is 79.4 Å². The number of H-pyrrole nitrogens is 1. The van der Waals surface area contributed by atoms with Crippen LogP contribution < -0.4 is 5.32 Å². The lowest BCUT2D eigenvalue weighted by Gasteiger charge is -2.42. The molecule has 6 nitrogen and oxygen atoms in total. The van der Waals surface area contributed by atoms with Gasteiger partial charge in [-0.25, -0.2) is 9.59 Å². The van der Waals surface area contributed by atoms with Crippen molar-refractivity contribution in [2.45, 2.75) is 99.3 Å². The minimum absolute atomic E-state index is 0.336. The maximum atomic E-state index is 14.2. The Morgan fingerprint density at radius 3 is 1.70 bits per heavy atom. The number of hydrogen-bond donors (Lipinski definition) is 2. The number of rotatable bonds is 14. The number of fused-ring (bicyclic) bond motifs is 1. The third kappa shape index (κ3) is 7.64. The van der Waals surface area contributed by atoms with Gasteiger partial charge in [-0.15, -0.1) is 0 Å². The van der Waals surface area contributed by atoms with Gasteiger partial charge in [-0.2, -0.15) is 74.6 Å². The number of aromatic nitrogens is 1. The molecule has 286 valence electrons. The lowest BCUT2D eigenvalue weighted by Crippen LogP contribution is -2.74. The van der Waals surface area contributed by atoms with Crippen molar-refractivity contribution in [2.75, 3.05) is 6.61 Å². The van der Waals surface area contributed by atoms with Crippen LogP contribution in [0.1, 0.15) is 39.2 Å². The molecule has 2 rings (SSSR count). The highest BCUT2D eigenvalue weighted by atomic mass is 19.4. The third-order valence-corrected chi connectivity index (χ3v) is 6.74. The molecule has 23 heteroatoms. The topological polar surface area (TPSA) is 80.4 Å². The molecule has 2 N–H and O–H groups in total. The quantitative estimate of drug-likeness (QED) is 0.114. The first-order valence-corrected chi connectivity index (χ1v) is 13.6. The van der Waals surface area contributed by atoms with Gasteiger partial charge in [0, 0.05) is 29.9 Å². The van der Waals surface area contributed by atoms with E-state index in [1.165, 1.54) is 27.0 Å². The normalized spacial score (nSPS) is 15.2. The van der Waals surface area contributed by atoms with Gasteiger partial charge < -0.3 is 19.8 Å². The predicted octanol–water partition coefficient (Wildman–Crippen LogP) is 8.94. The summed E-state index contributed by atoms with van der Waals surface area (Å²) in [7, 11) is 0.